The molecule has 12 heteroatoms. The molecule has 184 valence electrons. The van der Waals surface area contributed by atoms with Crippen molar-refractivity contribution in [1.82, 2.24) is 4.98 Å². The monoisotopic (exact) mass is 487 g/mol. The van der Waals surface area contributed by atoms with E-state index in [-0.39, 0.29) is 17.9 Å². The standard InChI is InChI=1S/C22H22F5N3O4/c1-9-14(10-4-5-12(23)15(24)17(10)32-3)18(34-21(9,2)22(25,26)27)20-30-13-6-7-29-16(19(28)31)11(13)8-33-20/h4-7,9,14,18,20,30H,8H2,1-3H3,(H2,28,31)/t9-,14-,18+,20-,21+/m0/s1. The van der Waals surface area contributed by atoms with E-state index < -0.39 is 59.2 Å². The predicted octanol–water partition coefficient (Wildman–Crippen LogP) is 3.88. The molecular formula is C22H22F5N3O4. The Hall–Kier alpha value is -2.99. The lowest BCUT2D eigenvalue weighted by Gasteiger charge is -2.35. The molecule has 3 N–H and O–H groups in total. The molecule has 34 heavy (non-hydrogen) atoms. The number of pyridine rings is 1. The Kier molecular flexibility index (Phi) is 5.93. The van der Waals surface area contributed by atoms with Gasteiger partial charge >= 0.3 is 6.18 Å². The third kappa shape index (κ3) is 3.65. The molecule has 4 rings (SSSR count). The number of hydrogen-bond donors (Lipinski definition) is 2. The van der Waals surface area contributed by atoms with E-state index in [1.165, 1.54) is 25.3 Å². The van der Waals surface area contributed by atoms with Crippen molar-refractivity contribution < 1.29 is 41.0 Å². The quantitative estimate of drug-likeness (QED) is 0.636. The van der Waals surface area contributed by atoms with Crippen LogP contribution in [0, 0.1) is 17.6 Å². The third-order valence-corrected chi connectivity index (χ3v) is 6.64. The van der Waals surface area contributed by atoms with Gasteiger partial charge in [-0.15, -0.1) is 0 Å². The van der Waals surface area contributed by atoms with Gasteiger partial charge in [0.05, 0.1) is 13.7 Å². The van der Waals surface area contributed by atoms with E-state index in [4.69, 9.17) is 19.9 Å². The lowest BCUT2D eigenvalue weighted by molar-refractivity contribution is -0.280. The number of carbonyl (C=O) groups excluding carboxylic acids is 1. The number of hydrogen-bond acceptors (Lipinski definition) is 6. The molecule has 5 atom stereocenters. The maximum Gasteiger partial charge on any atom is 0.417 e. The van der Waals surface area contributed by atoms with Gasteiger partial charge in [0.1, 0.15) is 11.8 Å². The average molecular weight is 487 g/mol. The first kappa shape index (κ1) is 24.1. The number of rotatable bonds is 4. The lowest BCUT2D eigenvalue weighted by Crippen LogP contribution is -2.48. The van der Waals surface area contributed by atoms with Gasteiger partial charge in [-0.3, -0.25) is 9.78 Å². The number of halogens is 5. The Balaban J connectivity index is 1.80. The minimum Gasteiger partial charge on any atom is -0.493 e. The van der Waals surface area contributed by atoms with Crippen molar-refractivity contribution in [3.63, 3.8) is 0 Å². The van der Waals surface area contributed by atoms with Crippen LogP contribution in [0.4, 0.5) is 27.6 Å². The summed E-state index contributed by atoms with van der Waals surface area (Å²) in [5, 5.41) is 2.94. The van der Waals surface area contributed by atoms with Crippen LogP contribution in [0.2, 0.25) is 0 Å². The van der Waals surface area contributed by atoms with Crippen molar-refractivity contribution in [2.45, 2.75) is 50.5 Å². The van der Waals surface area contributed by atoms with Gasteiger partial charge < -0.3 is 25.3 Å². The van der Waals surface area contributed by atoms with Crippen LogP contribution in [0.1, 0.15) is 41.4 Å². The molecule has 7 nitrogen and oxygen atoms in total. The molecule has 1 amide bonds. The van der Waals surface area contributed by atoms with E-state index >= 15 is 0 Å². The number of primary amides is 1. The molecule has 1 saturated heterocycles. The number of fused-ring (bicyclic) bond motifs is 1. The Morgan fingerprint density at radius 2 is 2.00 bits per heavy atom. The zero-order chi connectivity index (χ0) is 25.0. The summed E-state index contributed by atoms with van der Waals surface area (Å²) in [7, 11) is 1.10. The van der Waals surface area contributed by atoms with Crippen molar-refractivity contribution >= 4 is 11.6 Å². The number of methoxy groups -OCH3 is 1. The third-order valence-electron chi connectivity index (χ3n) is 6.64. The highest BCUT2D eigenvalue weighted by Gasteiger charge is 2.66. The molecule has 1 aromatic heterocycles. The second kappa shape index (κ2) is 8.35. The largest absolute Gasteiger partial charge is 0.493 e. The number of carbonyl (C=O) groups is 1. The summed E-state index contributed by atoms with van der Waals surface area (Å²) in [4.78, 5) is 15.6. The molecule has 0 saturated carbocycles. The smallest absolute Gasteiger partial charge is 0.417 e. The Labute approximate surface area is 191 Å². The first-order chi connectivity index (χ1) is 15.9. The fourth-order valence-corrected chi connectivity index (χ4v) is 4.66. The molecule has 1 aromatic carbocycles. The fourth-order valence-electron chi connectivity index (χ4n) is 4.66. The van der Waals surface area contributed by atoms with Crippen molar-refractivity contribution in [2.75, 3.05) is 12.4 Å². The molecule has 0 unspecified atom stereocenters. The summed E-state index contributed by atoms with van der Waals surface area (Å²) in [5.74, 6) is -6.15. The minimum absolute atomic E-state index is 0.00984. The first-order valence-corrected chi connectivity index (χ1v) is 10.3. The molecule has 2 aromatic rings. The van der Waals surface area contributed by atoms with E-state index in [9.17, 15) is 26.7 Å². The van der Waals surface area contributed by atoms with Crippen LogP contribution in [0.3, 0.4) is 0 Å². The van der Waals surface area contributed by atoms with Crippen LogP contribution in [0.15, 0.2) is 24.4 Å². The Morgan fingerprint density at radius 3 is 2.62 bits per heavy atom. The second-order valence-corrected chi connectivity index (χ2v) is 8.41. The summed E-state index contributed by atoms with van der Waals surface area (Å²) in [6.07, 6.45) is -5.88. The summed E-state index contributed by atoms with van der Waals surface area (Å²) in [5.41, 5.74) is 3.41. The van der Waals surface area contributed by atoms with Gasteiger partial charge in [0.2, 0.25) is 5.82 Å². The van der Waals surface area contributed by atoms with Crippen LogP contribution in [-0.4, -0.2) is 42.1 Å². The van der Waals surface area contributed by atoms with Crippen molar-refractivity contribution in [1.29, 1.82) is 0 Å². The minimum atomic E-state index is -4.78. The van der Waals surface area contributed by atoms with E-state index in [1.807, 2.05) is 0 Å². The number of nitrogens with one attached hydrogen (secondary N) is 1. The van der Waals surface area contributed by atoms with E-state index in [2.05, 4.69) is 10.3 Å². The predicted molar refractivity (Wildman–Crippen MR) is 109 cm³/mol. The number of aromatic nitrogens is 1. The number of anilines is 1. The van der Waals surface area contributed by atoms with Crippen LogP contribution in [0.5, 0.6) is 5.75 Å². The first-order valence-electron chi connectivity index (χ1n) is 10.3. The van der Waals surface area contributed by atoms with Crippen molar-refractivity contribution in [3.05, 3.63) is 52.9 Å². The maximum absolute atomic E-state index is 14.5. The SMILES string of the molecule is COc1c([C@H]2[C@H]([C@H]3Nc4ccnc(C(N)=O)c4CO3)O[C@@](C)(C(F)(F)F)[C@H]2C)ccc(F)c1F. The van der Waals surface area contributed by atoms with Gasteiger partial charge in [-0.25, -0.2) is 4.39 Å². The van der Waals surface area contributed by atoms with Crippen molar-refractivity contribution in [3.8, 4) is 5.75 Å². The topological polar surface area (TPSA) is 95.7 Å². The van der Waals surface area contributed by atoms with Crippen LogP contribution < -0.4 is 15.8 Å². The molecule has 0 aliphatic carbocycles. The van der Waals surface area contributed by atoms with E-state index in [0.29, 0.717) is 11.3 Å². The summed E-state index contributed by atoms with van der Waals surface area (Å²) >= 11 is 0. The van der Waals surface area contributed by atoms with Gasteiger partial charge in [-0.1, -0.05) is 13.0 Å². The van der Waals surface area contributed by atoms with Gasteiger partial charge in [0.15, 0.2) is 23.4 Å². The Bertz CT molecular complexity index is 1130. The van der Waals surface area contributed by atoms with Crippen molar-refractivity contribution in [2.24, 2.45) is 11.7 Å². The second-order valence-electron chi connectivity index (χ2n) is 8.41. The number of alkyl halides is 3. The lowest BCUT2D eigenvalue weighted by atomic mass is 9.76. The van der Waals surface area contributed by atoms with Crippen LogP contribution in [-0.2, 0) is 16.1 Å². The molecule has 3 heterocycles. The van der Waals surface area contributed by atoms with Crippen LogP contribution >= 0.6 is 0 Å². The number of benzene rings is 1. The highest BCUT2D eigenvalue weighted by atomic mass is 19.4. The highest BCUT2D eigenvalue weighted by Crippen LogP contribution is 2.56. The molecule has 2 aliphatic heterocycles. The number of ether oxygens (including phenoxy) is 3. The van der Waals surface area contributed by atoms with Gasteiger partial charge in [-0.2, -0.15) is 17.6 Å². The molecule has 0 radical (unpaired) electrons. The average Bonchev–Trinajstić information content (AvgIpc) is 3.06. The fraction of sp³-hybridized carbons (Fsp3) is 0.455. The Morgan fingerprint density at radius 1 is 1.29 bits per heavy atom. The zero-order valence-electron chi connectivity index (χ0n) is 18.4. The zero-order valence-corrected chi connectivity index (χ0v) is 18.4. The normalized spacial score (nSPS) is 28.8. The van der Waals surface area contributed by atoms with Crippen LogP contribution in [0.25, 0.3) is 0 Å². The summed E-state index contributed by atoms with van der Waals surface area (Å²) in [6.45, 7) is 2.05. The van der Waals surface area contributed by atoms with Gasteiger partial charge in [0.25, 0.3) is 5.91 Å². The maximum atomic E-state index is 14.5. The molecule has 2 aliphatic rings. The highest BCUT2D eigenvalue weighted by molar-refractivity contribution is 5.93. The van der Waals surface area contributed by atoms with E-state index in [0.717, 1.165) is 20.1 Å². The number of amides is 1. The molecule has 0 bridgehead atoms. The molecule has 1 fully saturated rings. The number of nitrogens with two attached hydrogens (primary N) is 1. The van der Waals surface area contributed by atoms with E-state index in [1.54, 1.807) is 0 Å². The molecule has 0 spiro atoms. The molecular weight excluding hydrogens is 465 g/mol. The summed E-state index contributed by atoms with van der Waals surface area (Å²) in [6, 6.07) is 3.53. The van der Waals surface area contributed by atoms with Gasteiger partial charge in [0, 0.05) is 34.8 Å². The summed E-state index contributed by atoms with van der Waals surface area (Å²) < 4.78 is 87.1. The number of nitrogens with zero attached hydrogens (tertiary/aromatic N) is 1. The van der Waals surface area contributed by atoms with Gasteiger partial charge in [-0.05, 0) is 19.1 Å².